The number of amides is 2. The Morgan fingerprint density at radius 3 is 2.59 bits per heavy atom. The number of carbonyl (C=O) groups is 1. The van der Waals surface area contributed by atoms with Crippen molar-refractivity contribution < 1.29 is 9.90 Å². The fourth-order valence-corrected chi connectivity index (χ4v) is 1.59. The summed E-state index contributed by atoms with van der Waals surface area (Å²) in [5, 5.41) is 15.2. The number of rotatable bonds is 5. The van der Waals surface area contributed by atoms with Gasteiger partial charge in [-0.1, -0.05) is 31.5 Å². The van der Waals surface area contributed by atoms with Gasteiger partial charge < -0.3 is 15.7 Å². The highest BCUT2D eigenvalue weighted by molar-refractivity contribution is 5.89. The molecular formula is C13H20N2O2. The quantitative estimate of drug-likeness (QED) is 0.735. The smallest absolute Gasteiger partial charge is 0.319 e. The van der Waals surface area contributed by atoms with Gasteiger partial charge >= 0.3 is 6.03 Å². The van der Waals surface area contributed by atoms with Crippen LogP contribution in [0.2, 0.25) is 0 Å². The molecule has 0 radical (unpaired) electrons. The number of anilines is 1. The lowest BCUT2D eigenvalue weighted by Crippen LogP contribution is -2.42. The lowest BCUT2D eigenvalue weighted by Gasteiger charge is -2.22. The SMILES string of the molecule is CCCC(C)(O)CNC(=O)Nc1ccccc1. The van der Waals surface area contributed by atoms with Gasteiger partial charge in [0, 0.05) is 12.2 Å². The lowest BCUT2D eigenvalue weighted by molar-refractivity contribution is 0.0529. The minimum Gasteiger partial charge on any atom is -0.388 e. The molecule has 1 rings (SSSR count). The maximum absolute atomic E-state index is 11.5. The van der Waals surface area contributed by atoms with Crippen LogP contribution in [0, 0.1) is 0 Å². The Kier molecular flexibility index (Phi) is 4.97. The fraction of sp³-hybridized carbons (Fsp3) is 0.462. The molecule has 0 saturated carbocycles. The first-order chi connectivity index (χ1) is 8.03. The van der Waals surface area contributed by atoms with Crippen molar-refractivity contribution in [2.24, 2.45) is 0 Å². The van der Waals surface area contributed by atoms with E-state index in [4.69, 9.17) is 0 Å². The first-order valence-corrected chi connectivity index (χ1v) is 5.86. The molecule has 0 heterocycles. The van der Waals surface area contributed by atoms with Crippen molar-refractivity contribution in [3.8, 4) is 0 Å². The van der Waals surface area contributed by atoms with Gasteiger partial charge in [0.1, 0.15) is 0 Å². The highest BCUT2D eigenvalue weighted by Gasteiger charge is 2.19. The van der Waals surface area contributed by atoms with Crippen LogP contribution in [-0.2, 0) is 0 Å². The summed E-state index contributed by atoms with van der Waals surface area (Å²) >= 11 is 0. The molecule has 3 N–H and O–H groups in total. The van der Waals surface area contributed by atoms with Crippen molar-refractivity contribution in [2.75, 3.05) is 11.9 Å². The summed E-state index contributed by atoms with van der Waals surface area (Å²) in [5.41, 5.74) is -0.108. The molecule has 2 amide bonds. The van der Waals surface area contributed by atoms with E-state index in [2.05, 4.69) is 10.6 Å². The lowest BCUT2D eigenvalue weighted by atomic mass is 10.0. The highest BCUT2D eigenvalue weighted by Crippen LogP contribution is 2.10. The van der Waals surface area contributed by atoms with E-state index >= 15 is 0 Å². The molecule has 1 atom stereocenters. The average Bonchev–Trinajstić information content (AvgIpc) is 2.28. The summed E-state index contributed by atoms with van der Waals surface area (Å²) in [6.45, 7) is 3.97. The number of carbonyl (C=O) groups excluding carboxylic acids is 1. The van der Waals surface area contributed by atoms with Crippen LogP contribution in [0.5, 0.6) is 0 Å². The molecule has 4 heteroatoms. The molecule has 1 aromatic rings. The minimum atomic E-state index is -0.844. The van der Waals surface area contributed by atoms with Gasteiger partial charge in [-0.2, -0.15) is 0 Å². The summed E-state index contributed by atoms with van der Waals surface area (Å²) in [4.78, 5) is 11.5. The number of benzene rings is 1. The average molecular weight is 236 g/mol. The van der Waals surface area contributed by atoms with E-state index in [0.717, 1.165) is 12.1 Å². The Hall–Kier alpha value is -1.55. The van der Waals surface area contributed by atoms with E-state index in [0.29, 0.717) is 6.42 Å². The van der Waals surface area contributed by atoms with Crippen molar-refractivity contribution in [3.05, 3.63) is 30.3 Å². The van der Waals surface area contributed by atoms with Crippen LogP contribution in [0.15, 0.2) is 30.3 Å². The molecule has 0 saturated heterocycles. The molecule has 0 fully saturated rings. The largest absolute Gasteiger partial charge is 0.388 e. The second-order valence-corrected chi connectivity index (χ2v) is 4.42. The summed E-state index contributed by atoms with van der Waals surface area (Å²) < 4.78 is 0. The third-order valence-corrected chi connectivity index (χ3v) is 2.45. The molecule has 4 nitrogen and oxygen atoms in total. The number of urea groups is 1. The fourth-order valence-electron chi connectivity index (χ4n) is 1.59. The summed E-state index contributed by atoms with van der Waals surface area (Å²) in [5.74, 6) is 0. The van der Waals surface area contributed by atoms with Crippen LogP contribution < -0.4 is 10.6 Å². The van der Waals surface area contributed by atoms with E-state index in [-0.39, 0.29) is 12.6 Å². The standard InChI is InChI=1S/C13H20N2O2/c1-3-9-13(2,17)10-14-12(16)15-11-7-5-4-6-8-11/h4-8,17H,3,9-10H2,1-2H3,(H2,14,15,16). The normalized spacial score (nSPS) is 13.8. The zero-order chi connectivity index (χ0) is 12.7. The van der Waals surface area contributed by atoms with Gasteiger partial charge in [-0.05, 0) is 25.5 Å². The molecule has 0 aliphatic carbocycles. The van der Waals surface area contributed by atoms with Gasteiger partial charge in [-0.25, -0.2) is 4.79 Å². The van der Waals surface area contributed by atoms with Crippen molar-refractivity contribution in [3.63, 3.8) is 0 Å². The third-order valence-electron chi connectivity index (χ3n) is 2.45. The third kappa shape index (κ3) is 5.36. The van der Waals surface area contributed by atoms with Gasteiger partial charge in [0.2, 0.25) is 0 Å². The van der Waals surface area contributed by atoms with E-state index in [1.54, 1.807) is 6.92 Å². The van der Waals surface area contributed by atoms with E-state index in [9.17, 15) is 9.90 Å². The zero-order valence-corrected chi connectivity index (χ0v) is 10.4. The maximum Gasteiger partial charge on any atom is 0.319 e. The van der Waals surface area contributed by atoms with Gasteiger partial charge in [-0.15, -0.1) is 0 Å². The van der Waals surface area contributed by atoms with Crippen molar-refractivity contribution in [1.29, 1.82) is 0 Å². The maximum atomic E-state index is 11.5. The first kappa shape index (κ1) is 13.5. The van der Waals surface area contributed by atoms with Gasteiger partial charge in [0.15, 0.2) is 0 Å². The van der Waals surface area contributed by atoms with Crippen molar-refractivity contribution in [2.45, 2.75) is 32.3 Å². The molecule has 17 heavy (non-hydrogen) atoms. The monoisotopic (exact) mass is 236 g/mol. The molecule has 1 aromatic carbocycles. The van der Waals surface area contributed by atoms with Crippen LogP contribution in [0.4, 0.5) is 10.5 Å². The van der Waals surface area contributed by atoms with E-state index < -0.39 is 5.60 Å². The number of hydrogen-bond donors (Lipinski definition) is 3. The molecular weight excluding hydrogens is 216 g/mol. The number of nitrogens with one attached hydrogen (secondary N) is 2. The zero-order valence-electron chi connectivity index (χ0n) is 10.4. The molecule has 0 aliphatic rings. The Labute approximate surface area is 102 Å². The predicted molar refractivity (Wildman–Crippen MR) is 69.0 cm³/mol. The molecule has 0 bridgehead atoms. The molecule has 0 aliphatic heterocycles. The first-order valence-electron chi connectivity index (χ1n) is 5.86. The van der Waals surface area contributed by atoms with Crippen molar-refractivity contribution >= 4 is 11.7 Å². The Balaban J connectivity index is 2.36. The Morgan fingerprint density at radius 1 is 1.35 bits per heavy atom. The Morgan fingerprint density at radius 2 is 2.00 bits per heavy atom. The van der Waals surface area contributed by atoms with E-state index in [1.807, 2.05) is 37.3 Å². The van der Waals surface area contributed by atoms with E-state index in [1.165, 1.54) is 0 Å². The van der Waals surface area contributed by atoms with Gasteiger partial charge in [0.25, 0.3) is 0 Å². The van der Waals surface area contributed by atoms with Crippen LogP contribution in [0.25, 0.3) is 0 Å². The molecule has 94 valence electrons. The van der Waals surface area contributed by atoms with Gasteiger partial charge in [-0.3, -0.25) is 0 Å². The topological polar surface area (TPSA) is 61.4 Å². The molecule has 0 aromatic heterocycles. The van der Waals surface area contributed by atoms with Crippen LogP contribution in [0.1, 0.15) is 26.7 Å². The summed E-state index contributed by atoms with van der Waals surface area (Å²) in [7, 11) is 0. The second kappa shape index (κ2) is 6.25. The molecule has 0 spiro atoms. The highest BCUT2D eigenvalue weighted by atomic mass is 16.3. The number of para-hydroxylation sites is 1. The van der Waals surface area contributed by atoms with Crippen LogP contribution in [0.3, 0.4) is 0 Å². The number of aliphatic hydroxyl groups is 1. The van der Waals surface area contributed by atoms with Crippen LogP contribution >= 0.6 is 0 Å². The Bertz CT molecular complexity index is 350. The summed E-state index contributed by atoms with van der Waals surface area (Å²) in [6, 6.07) is 8.90. The predicted octanol–water partition coefficient (Wildman–Crippen LogP) is 2.36. The second-order valence-electron chi connectivity index (χ2n) is 4.42. The van der Waals surface area contributed by atoms with Crippen molar-refractivity contribution in [1.82, 2.24) is 5.32 Å². The van der Waals surface area contributed by atoms with Gasteiger partial charge in [0.05, 0.1) is 5.60 Å². The molecule has 1 unspecified atom stereocenters. The minimum absolute atomic E-state index is 0.250. The summed E-state index contributed by atoms with van der Waals surface area (Å²) in [6.07, 6.45) is 1.55. The van der Waals surface area contributed by atoms with Crippen LogP contribution in [-0.4, -0.2) is 23.3 Å². The number of hydrogen-bond acceptors (Lipinski definition) is 2.